The number of halogens is 3. The zero-order valence-electron chi connectivity index (χ0n) is 10.7. The van der Waals surface area contributed by atoms with Gasteiger partial charge in [-0.25, -0.2) is 0 Å². The summed E-state index contributed by atoms with van der Waals surface area (Å²) in [7, 11) is 0. The van der Waals surface area contributed by atoms with Crippen molar-refractivity contribution >= 4 is 40.5 Å². The average molecular weight is 315 g/mol. The SMILES string of the molecule is Cc1ccc(Cl)cc1NC(C)c1ccc(Cl)cc1Cl. The lowest BCUT2D eigenvalue weighted by atomic mass is 10.1. The highest BCUT2D eigenvalue weighted by molar-refractivity contribution is 6.35. The number of hydrogen-bond acceptors (Lipinski definition) is 1. The molecule has 0 aromatic heterocycles. The van der Waals surface area contributed by atoms with Crippen molar-refractivity contribution in [1.29, 1.82) is 0 Å². The minimum Gasteiger partial charge on any atom is -0.378 e. The summed E-state index contributed by atoms with van der Waals surface area (Å²) in [5.41, 5.74) is 3.15. The van der Waals surface area contributed by atoms with Crippen LogP contribution in [0, 0.1) is 6.92 Å². The lowest BCUT2D eigenvalue weighted by Crippen LogP contribution is -2.08. The molecule has 4 heteroatoms. The number of anilines is 1. The van der Waals surface area contributed by atoms with E-state index in [0.29, 0.717) is 15.1 Å². The topological polar surface area (TPSA) is 12.0 Å². The van der Waals surface area contributed by atoms with Gasteiger partial charge in [0.15, 0.2) is 0 Å². The molecule has 0 saturated carbocycles. The van der Waals surface area contributed by atoms with Crippen molar-refractivity contribution in [3.05, 3.63) is 62.6 Å². The van der Waals surface area contributed by atoms with Crippen LogP contribution in [0.3, 0.4) is 0 Å². The van der Waals surface area contributed by atoms with E-state index in [2.05, 4.69) is 12.2 Å². The van der Waals surface area contributed by atoms with E-state index in [-0.39, 0.29) is 6.04 Å². The number of hydrogen-bond donors (Lipinski definition) is 1. The van der Waals surface area contributed by atoms with Crippen LogP contribution < -0.4 is 5.32 Å². The molecule has 0 radical (unpaired) electrons. The van der Waals surface area contributed by atoms with Crippen LogP contribution in [-0.4, -0.2) is 0 Å². The summed E-state index contributed by atoms with van der Waals surface area (Å²) >= 11 is 18.1. The molecule has 0 amide bonds. The van der Waals surface area contributed by atoms with Gasteiger partial charge in [-0.2, -0.15) is 0 Å². The maximum absolute atomic E-state index is 6.21. The van der Waals surface area contributed by atoms with Gasteiger partial charge in [-0.1, -0.05) is 46.9 Å². The van der Waals surface area contributed by atoms with Crippen molar-refractivity contribution in [2.24, 2.45) is 0 Å². The predicted octanol–water partition coefficient (Wildman–Crippen LogP) is 6.13. The van der Waals surface area contributed by atoms with Crippen molar-refractivity contribution in [2.45, 2.75) is 19.9 Å². The summed E-state index contributed by atoms with van der Waals surface area (Å²) in [5.74, 6) is 0. The van der Waals surface area contributed by atoms with Gasteiger partial charge in [0.05, 0.1) is 6.04 Å². The predicted molar refractivity (Wildman–Crippen MR) is 84.7 cm³/mol. The van der Waals surface area contributed by atoms with E-state index < -0.39 is 0 Å². The Morgan fingerprint density at radius 3 is 2.26 bits per heavy atom. The first-order valence-electron chi connectivity index (χ1n) is 5.95. The Morgan fingerprint density at radius 2 is 1.58 bits per heavy atom. The van der Waals surface area contributed by atoms with Crippen molar-refractivity contribution in [3.8, 4) is 0 Å². The minimum atomic E-state index is 0.0712. The Balaban J connectivity index is 2.25. The monoisotopic (exact) mass is 313 g/mol. The molecule has 0 fully saturated rings. The zero-order chi connectivity index (χ0) is 14.0. The number of benzene rings is 2. The van der Waals surface area contributed by atoms with Crippen LogP contribution in [0.1, 0.15) is 24.1 Å². The van der Waals surface area contributed by atoms with Gasteiger partial charge < -0.3 is 5.32 Å². The first-order chi connectivity index (χ1) is 8.97. The number of nitrogens with one attached hydrogen (secondary N) is 1. The molecule has 0 aliphatic carbocycles. The molecule has 1 nitrogen and oxygen atoms in total. The molecule has 1 unspecified atom stereocenters. The summed E-state index contributed by atoms with van der Waals surface area (Å²) < 4.78 is 0. The third-order valence-electron chi connectivity index (χ3n) is 3.00. The third-order valence-corrected chi connectivity index (χ3v) is 3.80. The van der Waals surface area contributed by atoms with Crippen LogP contribution >= 0.6 is 34.8 Å². The van der Waals surface area contributed by atoms with Crippen molar-refractivity contribution in [1.82, 2.24) is 0 Å². The standard InChI is InChI=1S/C15H14Cl3N/c1-9-3-4-12(17)8-15(9)19-10(2)13-6-5-11(16)7-14(13)18/h3-8,10,19H,1-2H3. The molecule has 0 spiro atoms. The summed E-state index contributed by atoms with van der Waals surface area (Å²) in [4.78, 5) is 0. The van der Waals surface area contributed by atoms with Crippen LogP contribution in [-0.2, 0) is 0 Å². The Morgan fingerprint density at radius 1 is 0.947 bits per heavy atom. The second-order valence-electron chi connectivity index (χ2n) is 4.49. The molecule has 0 heterocycles. The fourth-order valence-corrected chi connectivity index (χ4v) is 2.66. The molecule has 19 heavy (non-hydrogen) atoms. The molecule has 2 aromatic rings. The average Bonchev–Trinajstić information content (AvgIpc) is 2.33. The Bertz CT molecular complexity index is 596. The van der Waals surface area contributed by atoms with Gasteiger partial charge in [0.2, 0.25) is 0 Å². The molecule has 1 atom stereocenters. The molecular weight excluding hydrogens is 301 g/mol. The quantitative estimate of drug-likeness (QED) is 0.718. The van der Waals surface area contributed by atoms with Crippen LogP contribution in [0.2, 0.25) is 15.1 Å². The number of aryl methyl sites for hydroxylation is 1. The van der Waals surface area contributed by atoms with E-state index >= 15 is 0 Å². The Labute approximate surface area is 128 Å². The lowest BCUT2D eigenvalue weighted by Gasteiger charge is -2.19. The molecule has 100 valence electrons. The summed E-state index contributed by atoms with van der Waals surface area (Å²) in [6, 6.07) is 11.4. The minimum absolute atomic E-state index is 0.0712. The molecule has 0 aliphatic heterocycles. The summed E-state index contributed by atoms with van der Waals surface area (Å²) in [6.45, 7) is 4.09. The Hall–Kier alpha value is -0.890. The fraction of sp³-hybridized carbons (Fsp3) is 0.200. The van der Waals surface area contributed by atoms with Crippen molar-refractivity contribution < 1.29 is 0 Å². The van der Waals surface area contributed by atoms with Crippen LogP contribution in [0.25, 0.3) is 0 Å². The maximum Gasteiger partial charge on any atom is 0.0500 e. The van der Waals surface area contributed by atoms with Gasteiger partial charge in [-0.15, -0.1) is 0 Å². The first-order valence-corrected chi connectivity index (χ1v) is 7.08. The molecule has 1 N–H and O–H groups in total. The highest BCUT2D eigenvalue weighted by Crippen LogP contribution is 2.30. The molecule has 0 saturated heterocycles. The number of rotatable bonds is 3. The van der Waals surface area contributed by atoms with Gasteiger partial charge >= 0.3 is 0 Å². The smallest absolute Gasteiger partial charge is 0.0500 e. The summed E-state index contributed by atoms with van der Waals surface area (Å²) in [5, 5.41) is 5.42. The second kappa shape index (κ2) is 6.04. The van der Waals surface area contributed by atoms with Crippen LogP contribution in [0.5, 0.6) is 0 Å². The highest BCUT2D eigenvalue weighted by Gasteiger charge is 2.11. The van der Waals surface area contributed by atoms with E-state index in [4.69, 9.17) is 34.8 Å². The van der Waals surface area contributed by atoms with E-state index in [0.717, 1.165) is 16.8 Å². The maximum atomic E-state index is 6.21. The zero-order valence-corrected chi connectivity index (χ0v) is 12.9. The second-order valence-corrected chi connectivity index (χ2v) is 5.77. The van der Waals surface area contributed by atoms with Gasteiger partial charge in [0.25, 0.3) is 0 Å². The van der Waals surface area contributed by atoms with Gasteiger partial charge in [-0.05, 0) is 49.2 Å². The largest absolute Gasteiger partial charge is 0.378 e. The molecule has 2 rings (SSSR count). The van der Waals surface area contributed by atoms with Gasteiger partial charge in [0, 0.05) is 20.8 Å². The lowest BCUT2D eigenvalue weighted by molar-refractivity contribution is 0.883. The molecule has 0 aliphatic rings. The third kappa shape index (κ3) is 3.56. The van der Waals surface area contributed by atoms with E-state index in [1.165, 1.54) is 0 Å². The Kier molecular flexibility index (Phi) is 4.62. The molecular formula is C15H14Cl3N. The van der Waals surface area contributed by atoms with E-state index in [9.17, 15) is 0 Å². The van der Waals surface area contributed by atoms with Crippen molar-refractivity contribution in [2.75, 3.05) is 5.32 Å². The van der Waals surface area contributed by atoms with E-state index in [1.807, 2.05) is 37.3 Å². The first kappa shape index (κ1) is 14.5. The van der Waals surface area contributed by atoms with Gasteiger partial charge in [-0.3, -0.25) is 0 Å². The van der Waals surface area contributed by atoms with E-state index in [1.54, 1.807) is 6.07 Å². The fourth-order valence-electron chi connectivity index (χ4n) is 1.91. The van der Waals surface area contributed by atoms with Crippen molar-refractivity contribution in [3.63, 3.8) is 0 Å². The van der Waals surface area contributed by atoms with Gasteiger partial charge in [0.1, 0.15) is 0 Å². The molecule has 0 bridgehead atoms. The summed E-state index contributed by atoms with van der Waals surface area (Å²) in [6.07, 6.45) is 0. The van der Waals surface area contributed by atoms with Crippen LogP contribution in [0.4, 0.5) is 5.69 Å². The molecule has 2 aromatic carbocycles. The highest BCUT2D eigenvalue weighted by atomic mass is 35.5. The normalized spacial score (nSPS) is 12.3. The van der Waals surface area contributed by atoms with Crippen LogP contribution in [0.15, 0.2) is 36.4 Å².